The molecule has 234 valence electrons. The number of benzene rings is 7. The molecule has 0 atom stereocenters. The van der Waals surface area contributed by atoms with Crippen molar-refractivity contribution in [2.24, 2.45) is 0 Å². The number of fused-ring (bicyclic) bond motifs is 8. The van der Waals surface area contributed by atoms with E-state index in [1.54, 1.807) is 0 Å². The Morgan fingerprint density at radius 2 is 1.08 bits per heavy atom. The zero-order valence-electron chi connectivity index (χ0n) is 27.1. The first-order valence-corrected chi connectivity index (χ1v) is 16.4. The fraction of sp³-hybridized carbons (Fsp3) is 0.0455. The molecule has 5 nitrogen and oxygen atoms in total. The largest absolute Gasteiger partial charge is 0.355 e. The van der Waals surface area contributed by atoms with Crippen molar-refractivity contribution in [3.8, 4) is 11.4 Å². The van der Waals surface area contributed by atoms with Crippen molar-refractivity contribution in [3.63, 3.8) is 0 Å². The Morgan fingerprint density at radius 3 is 1.80 bits per heavy atom. The number of anilines is 2. The van der Waals surface area contributed by atoms with Crippen LogP contribution in [0.5, 0.6) is 0 Å². The highest BCUT2D eigenvalue weighted by Crippen LogP contribution is 2.37. The standard InChI is InChI=1S/C44H31N3O2/c1-27-17-22-39(28(2)23-27)45-30-19-21-34-36-25-41-38(26-40(36)46(44(49)37(34)24-30)31-12-5-3-6-13-31)42-33-16-10-9-11-29(33)18-20-35(42)43(48)47(41)32-14-7-4-8-15-32/h3-26,45H,1-2H3. The molecule has 0 aliphatic carbocycles. The molecule has 5 heteroatoms. The highest BCUT2D eigenvalue weighted by Gasteiger charge is 2.20. The zero-order chi connectivity index (χ0) is 33.2. The van der Waals surface area contributed by atoms with Crippen LogP contribution in [-0.2, 0) is 0 Å². The number of hydrogen-bond acceptors (Lipinski definition) is 3. The third kappa shape index (κ3) is 4.54. The van der Waals surface area contributed by atoms with Crippen molar-refractivity contribution in [1.82, 2.24) is 9.13 Å². The Kier molecular flexibility index (Phi) is 6.49. The van der Waals surface area contributed by atoms with Gasteiger partial charge in [0, 0.05) is 44.3 Å². The van der Waals surface area contributed by atoms with Crippen molar-refractivity contribution in [1.29, 1.82) is 0 Å². The summed E-state index contributed by atoms with van der Waals surface area (Å²) in [4.78, 5) is 29.2. The van der Waals surface area contributed by atoms with Gasteiger partial charge in [0.15, 0.2) is 0 Å². The van der Waals surface area contributed by atoms with Crippen molar-refractivity contribution < 1.29 is 0 Å². The Labute approximate surface area is 281 Å². The van der Waals surface area contributed by atoms with E-state index in [4.69, 9.17) is 0 Å². The lowest BCUT2D eigenvalue weighted by atomic mass is 9.96. The third-order valence-electron chi connectivity index (χ3n) is 9.66. The molecule has 0 aliphatic rings. The summed E-state index contributed by atoms with van der Waals surface area (Å²) in [6.07, 6.45) is 0. The summed E-state index contributed by atoms with van der Waals surface area (Å²) in [6, 6.07) is 48.2. The molecule has 0 fully saturated rings. The lowest BCUT2D eigenvalue weighted by molar-refractivity contribution is 1.05. The molecule has 9 aromatic rings. The van der Waals surface area contributed by atoms with E-state index in [1.165, 1.54) is 5.56 Å². The first-order valence-electron chi connectivity index (χ1n) is 16.4. The minimum absolute atomic E-state index is 0.0838. The molecule has 0 spiro atoms. The molecule has 0 radical (unpaired) electrons. The maximum atomic E-state index is 14.7. The molecule has 0 unspecified atom stereocenters. The summed E-state index contributed by atoms with van der Waals surface area (Å²) in [6.45, 7) is 4.16. The van der Waals surface area contributed by atoms with Gasteiger partial charge >= 0.3 is 0 Å². The second kappa shape index (κ2) is 11.1. The van der Waals surface area contributed by atoms with Gasteiger partial charge in [-0.05, 0) is 96.2 Å². The van der Waals surface area contributed by atoms with Crippen LogP contribution in [0.2, 0.25) is 0 Å². The average Bonchev–Trinajstić information content (AvgIpc) is 3.13. The molecule has 0 amide bonds. The molecule has 49 heavy (non-hydrogen) atoms. The number of nitrogens with zero attached hydrogens (tertiary/aromatic N) is 2. The zero-order valence-corrected chi connectivity index (χ0v) is 27.1. The molecule has 0 bridgehead atoms. The maximum Gasteiger partial charge on any atom is 0.263 e. The van der Waals surface area contributed by atoms with E-state index in [0.29, 0.717) is 10.8 Å². The predicted octanol–water partition coefficient (Wildman–Crippen LogP) is 10.1. The monoisotopic (exact) mass is 633 g/mol. The van der Waals surface area contributed by atoms with Crippen LogP contribution in [0, 0.1) is 13.8 Å². The fourth-order valence-corrected chi connectivity index (χ4v) is 7.37. The predicted molar refractivity (Wildman–Crippen MR) is 204 cm³/mol. The number of pyridine rings is 2. The number of para-hydroxylation sites is 2. The second-order valence-electron chi connectivity index (χ2n) is 12.8. The van der Waals surface area contributed by atoms with E-state index in [0.717, 1.165) is 71.7 Å². The van der Waals surface area contributed by atoms with Crippen LogP contribution < -0.4 is 16.4 Å². The summed E-state index contributed by atoms with van der Waals surface area (Å²) in [5.74, 6) is 0. The van der Waals surface area contributed by atoms with E-state index in [2.05, 4.69) is 61.6 Å². The van der Waals surface area contributed by atoms with Gasteiger partial charge in [-0.3, -0.25) is 18.7 Å². The van der Waals surface area contributed by atoms with Gasteiger partial charge in [0.2, 0.25) is 0 Å². The molecular formula is C44H31N3O2. The lowest BCUT2D eigenvalue weighted by Gasteiger charge is -2.19. The van der Waals surface area contributed by atoms with Crippen molar-refractivity contribution in [3.05, 3.63) is 177 Å². The van der Waals surface area contributed by atoms with E-state index in [9.17, 15) is 9.59 Å². The number of rotatable bonds is 4. The van der Waals surface area contributed by atoms with Gasteiger partial charge in [-0.1, -0.05) is 90.5 Å². The first-order chi connectivity index (χ1) is 24.0. The van der Waals surface area contributed by atoms with Crippen molar-refractivity contribution in [2.45, 2.75) is 13.8 Å². The molecule has 2 aromatic heterocycles. The Morgan fingerprint density at radius 1 is 0.469 bits per heavy atom. The SMILES string of the molecule is Cc1ccc(Nc2ccc3c(c2)c(=O)n(-c2ccccc2)c2cc4c5c(ccc6ccccc65)c(=O)n(-c5ccccc5)c4cc32)c(C)c1. The van der Waals surface area contributed by atoms with Gasteiger partial charge in [-0.2, -0.15) is 0 Å². The summed E-state index contributed by atoms with van der Waals surface area (Å²) in [5.41, 5.74) is 7.07. The number of aromatic nitrogens is 2. The molecule has 0 saturated carbocycles. The first kappa shape index (κ1) is 28.7. The van der Waals surface area contributed by atoms with E-state index in [-0.39, 0.29) is 11.1 Å². The van der Waals surface area contributed by atoms with Crippen LogP contribution in [0.15, 0.2) is 155 Å². The minimum Gasteiger partial charge on any atom is -0.355 e. The van der Waals surface area contributed by atoms with Crippen LogP contribution in [0.4, 0.5) is 11.4 Å². The molecular weight excluding hydrogens is 603 g/mol. The van der Waals surface area contributed by atoms with Crippen LogP contribution in [0.1, 0.15) is 11.1 Å². The molecule has 0 aliphatic heterocycles. The highest BCUT2D eigenvalue weighted by molar-refractivity contribution is 6.23. The number of nitrogens with one attached hydrogen (secondary N) is 1. The Balaban J connectivity index is 1.45. The van der Waals surface area contributed by atoms with Crippen molar-refractivity contribution >= 4 is 65.5 Å². The summed E-state index contributed by atoms with van der Waals surface area (Å²) in [5, 5.41) is 10.3. The molecule has 7 aromatic carbocycles. The van der Waals surface area contributed by atoms with Gasteiger partial charge < -0.3 is 5.32 Å². The topological polar surface area (TPSA) is 56.0 Å². The smallest absolute Gasteiger partial charge is 0.263 e. The Bertz CT molecular complexity index is 2910. The lowest BCUT2D eigenvalue weighted by Crippen LogP contribution is -2.21. The summed E-state index contributed by atoms with van der Waals surface area (Å²) in [7, 11) is 0. The van der Waals surface area contributed by atoms with Crippen LogP contribution >= 0.6 is 0 Å². The Hall–Kier alpha value is -6.46. The van der Waals surface area contributed by atoms with Gasteiger partial charge in [0.1, 0.15) is 0 Å². The van der Waals surface area contributed by atoms with Crippen LogP contribution in [0.3, 0.4) is 0 Å². The summed E-state index contributed by atoms with van der Waals surface area (Å²) >= 11 is 0. The average molecular weight is 634 g/mol. The molecule has 2 heterocycles. The summed E-state index contributed by atoms with van der Waals surface area (Å²) < 4.78 is 3.62. The minimum atomic E-state index is -0.108. The highest BCUT2D eigenvalue weighted by atomic mass is 16.1. The number of hydrogen-bond donors (Lipinski definition) is 1. The van der Waals surface area contributed by atoms with E-state index in [1.807, 2.05) is 112 Å². The van der Waals surface area contributed by atoms with Gasteiger partial charge in [-0.25, -0.2) is 0 Å². The normalized spacial score (nSPS) is 11.6. The molecule has 1 N–H and O–H groups in total. The van der Waals surface area contributed by atoms with Crippen LogP contribution in [0.25, 0.3) is 65.5 Å². The third-order valence-corrected chi connectivity index (χ3v) is 9.66. The quantitative estimate of drug-likeness (QED) is 0.155. The van der Waals surface area contributed by atoms with Gasteiger partial charge in [0.05, 0.1) is 16.4 Å². The van der Waals surface area contributed by atoms with Crippen LogP contribution in [-0.4, -0.2) is 9.13 Å². The maximum absolute atomic E-state index is 14.7. The van der Waals surface area contributed by atoms with E-state index >= 15 is 0 Å². The van der Waals surface area contributed by atoms with E-state index < -0.39 is 0 Å². The second-order valence-corrected chi connectivity index (χ2v) is 12.8. The van der Waals surface area contributed by atoms with Crippen molar-refractivity contribution in [2.75, 3.05) is 5.32 Å². The fourth-order valence-electron chi connectivity index (χ4n) is 7.37. The van der Waals surface area contributed by atoms with Gasteiger partial charge in [0.25, 0.3) is 11.1 Å². The molecule has 9 rings (SSSR count). The molecule has 0 saturated heterocycles. The number of aryl methyl sites for hydroxylation is 2. The van der Waals surface area contributed by atoms with Gasteiger partial charge in [-0.15, -0.1) is 0 Å².